The number of rotatable bonds is 3. The van der Waals surface area contributed by atoms with Crippen molar-refractivity contribution in [2.45, 2.75) is 20.8 Å². The number of hydrogen-bond donors (Lipinski definition) is 0. The molecule has 48 heavy (non-hydrogen) atoms. The summed E-state index contributed by atoms with van der Waals surface area (Å²) in [6.07, 6.45) is 7.68. The summed E-state index contributed by atoms with van der Waals surface area (Å²) < 4.78 is 4.56. The summed E-state index contributed by atoms with van der Waals surface area (Å²) in [4.78, 5) is 14.1. The number of fused-ring (bicyclic) bond motifs is 10. The molecule has 1 aliphatic heterocycles. The predicted octanol–water partition coefficient (Wildman–Crippen LogP) is 10.3. The SMILES string of the molecule is Cc1cc(C)c(N2CN(c3ccc4c5ccccc5n(-c5ccc6c7ccncc7n7ccnc7c6c5)c4c3)c3ccccc32)c(C)c1. The second-order valence-electron chi connectivity index (χ2n) is 13.0. The molecule has 0 aliphatic carbocycles. The van der Waals surface area contributed by atoms with Crippen LogP contribution in [-0.2, 0) is 0 Å². The Morgan fingerprint density at radius 1 is 0.562 bits per heavy atom. The van der Waals surface area contributed by atoms with Gasteiger partial charge in [0.15, 0.2) is 0 Å². The number of pyridine rings is 2. The highest BCUT2D eigenvalue weighted by molar-refractivity contribution is 6.14. The summed E-state index contributed by atoms with van der Waals surface area (Å²) in [6.45, 7) is 7.37. The molecule has 0 saturated carbocycles. The summed E-state index contributed by atoms with van der Waals surface area (Å²) in [5.41, 5.74) is 14.3. The number of nitrogens with zero attached hydrogens (tertiary/aromatic N) is 6. The predicted molar refractivity (Wildman–Crippen MR) is 199 cm³/mol. The first-order valence-corrected chi connectivity index (χ1v) is 16.4. The van der Waals surface area contributed by atoms with E-state index in [4.69, 9.17) is 4.98 Å². The number of hydrogen-bond acceptors (Lipinski definition) is 4. The highest BCUT2D eigenvalue weighted by Crippen LogP contribution is 2.47. The monoisotopic (exact) mass is 620 g/mol. The molecule has 1 aliphatic rings. The van der Waals surface area contributed by atoms with E-state index < -0.39 is 0 Å². The van der Waals surface area contributed by atoms with Gasteiger partial charge in [-0.2, -0.15) is 0 Å². The Morgan fingerprint density at radius 2 is 1.27 bits per heavy atom. The second kappa shape index (κ2) is 9.93. The van der Waals surface area contributed by atoms with Gasteiger partial charge < -0.3 is 14.4 Å². The minimum Gasteiger partial charge on any atom is -0.321 e. The van der Waals surface area contributed by atoms with Crippen LogP contribution in [0.25, 0.3) is 54.8 Å². The lowest BCUT2D eigenvalue weighted by molar-refractivity contribution is 0.979. The molecule has 0 fully saturated rings. The molecule has 10 rings (SSSR count). The van der Waals surface area contributed by atoms with Crippen LogP contribution in [0, 0.1) is 20.8 Å². The van der Waals surface area contributed by atoms with E-state index in [1.807, 2.05) is 24.8 Å². The van der Waals surface area contributed by atoms with E-state index in [1.165, 1.54) is 66.6 Å². The fourth-order valence-electron chi connectivity index (χ4n) is 8.22. The Bertz CT molecular complexity index is 2750. The Balaban J connectivity index is 1.18. The van der Waals surface area contributed by atoms with Crippen LogP contribution in [0.2, 0.25) is 0 Å². The number of para-hydroxylation sites is 3. The lowest BCUT2D eigenvalue weighted by Gasteiger charge is -2.25. The maximum Gasteiger partial charge on any atom is 0.145 e. The van der Waals surface area contributed by atoms with Gasteiger partial charge in [0, 0.05) is 57.2 Å². The molecule has 5 aromatic carbocycles. The maximum absolute atomic E-state index is 4.80. The molecular weight excluding hydrogens is 589 g/mol. The summed E-state index contributed by atoms with van der Waals surface area (Å²) in [5, 5.41) is 5.93. The fraction of sp³-hybridized carbons (Fsp3) is 0.0952. The number of aryl methyl sites for hydroxylation is 3. The van der Waals surface area contributed by atoms with Gasteiger partial charge in [0.2, 0.25) is 0 Å². The van der Waals surface area contributed by atoms with E-state index >= 15 is 0 Å². The molecule has 6 nitrogen and oxygen atoms in total. The van der Waals surface area contributed by atoms with Crippen molar-refractivity contribution in [2.24, 2.45) is 0 Å². The van der Waals surface area contributed by atoms with Crippen molar-refractivity contribution < 1.29 is 0 Å². The largest absolute Gasteiger partial charge is 0.321 e. The van der Waals surface area contributed by atoms with E-state index in [0.29, 0.717) is 0 Å². The van der Waals surface area contributed by atoms with Crippen molar-refractivity contribution >= 4 is 71.9 Å². The van der Waals surface area contributed by atoms with Crippen LogP contribution in [0.4, 0.5) is 22.7 Å². The minimum absolute atomic E-state index is 0.742. The van der Waals surface area contributed by atoms with Crippen LogP contribution in [-0.4, -0.2) is 25.6 Å². The third-order valence-corrected chi connectivity index (χ3v) is 10.1. The quantitative estimate of drug-likeness (QED) is 0.184. The van der Waals surface area contributed by atoms with Gasteiger partial charge in [0.05, 0.1) is 34.1 Å². The average molecular weight is 621 g/mol. The van der Waals surface area contributed by atoms with E-state index in [1.54, 1.807) is 0 Å². The summed E-state index contributed by atoms with van der Waals surface area (Å²) in [6, 6.07) is 37.9. The highest BCUT2D eigenvalue weighted by Gasteiger charge is 2.30. The second-order valence-corrected chi connectivity index (χ2v) is 13.0. The molecule has 230 valence electrons. The number of anilines is 4. The lowest BCUT2D eigenvalue weighted by Crippen LogP contribution is -2.25. The molecule has 0 amide bonds. The molecule has 6 heteroatoms. The van der Waals surface area contributed by atoms with Gasteiger partial charge in [-0.05, 0) is 85.8 Å². The molecule has 0 saturated heterocycles. The number of benzene rings is 5. The van der Waals surface area contributed by atoms with Gasteiger partial charge in [-0.25, -0.2) is 4.98 Å². The summed E-state index contributed by atoms with van der Waals surface area (Å²) in [7, 11) is 0. The summed E-state index contributed by atoms with van der Waals surface area (Å²) >= 11 is 0. The topological polar surface area (TPSA) is 41.6 Å². The standard InChI is InChI=1S/C42H32N6/c1-26-20-27(2)41(28(3)21-26)47-25-46(37-10-6-7-11-38(37)47)29-12-15-33-32-8-4-5-9-36(32)48(39(33)23-29)30-13-14-31-34-16-17-43-24-40(34)45-19-18-44-42(45)35(31)22-30/h4-24H,25H2,1-3H3. The third-order valence-electron chi connectivity index (χ3n) is 10.1. The molecule has 0 spiro atoms. The zero-order chi connectivity index (χ0) is 32.1. The first kappa shape index (κ1) is 27.0. The van der Waals surface area contributed by atoms with Gasteiger partial charge in [0.25, 0.3) is 0 Å². The van der Waals surface area contributed by atoms with Gasteiger partial charge >= 0.3 is 0 Å². The normalized spacial score (nSPS) is 13.1. The molecule has 0 bridgehead atoms. The zero-order valence-electron chi connectivity index (χ0n) is 27.0. The molecule has 0 N–H and O–H groups in total. The molecule has 5 heterocycles. The minimum atomic E-state index is 0.742. The van der Waals surface area contributed by atoms with Crippen molar-refractivity contribution in [1.29, 1.82) is 0 Å². The third kappa shape index (κ3) is 3.74. The van der Waals surface area contributed by atoms with Gasteiger partial charge in [-0.1, -0.05) is 60.2 Å². The smallest absolute Gasteiger partial charge is 0.145 e. The number of aromatic nitrogens is 4. The van der Waals surface area contributed by atoms with Crippen LogP contribution < -0.4 is 9.80 Å². The van der Waals surface area contributed by atoms with Crippen molar-refractivity contribution in [3.8, 4) is 5.69 Å². The van der Waals surface area contributed by atoms with Crippen LogP contribution in [0.5, 0.6) is 0 Å². The Morgan fingerprint density at radius 3 is 2.12 bits per heavy atom. The van der Waals surface area contributed by atoms with E-state index in [9.17, 15) is 0 Å². The molecule has 0 atom stereocenters. The highest BCUT2D eigenvalue weighted by atomic mass is 15.4. The van der Waals surface area contributed by atoms with E-state index in [-0.39, 0.29) is 0 Å². The zero-order valence-corrected chi connectivity index (χ0v) is 27.0. The Labute approximate surface area is 277 Å². The number of imidazole rings is 1. The van der Waals surface area contributed by atoms with Crippen molar-refractivity contribution in [3.63, 3.8) is 0 Å². The average Bonchev–Trinajstić information content (AvgIpc) is 3.83. The molecule has 9 aromatic rings. The van der Waals surface area contributed by atoms with Crippen molar-refractivity contribution in [3.05, 3.63) is 145 Å². The maximum atomic E-state index is 4.80. The molecular formula is C42H32N6. The lowest BCUT2D eigenvalue weighted by atomic mass is 10.0. The van der Waals surface area contributed by atoms with E-state index in [0.717, 1.165) is 34.3 Å². The van der Waals surface area contributed by atoms with Gasteiger partial charge in [0.1, 0.15) is 12.3 Å². The molecule has 0 unspecified atom stereocenters. The van der Waals surface area contributed by atoms with Crippen LogP contribution in [0.3, 0.4) is 0 Å². The van der Waals surface area contributed by atoms with Crippen molar-refractivity contribution in [1.82, 2.24) is 18.9 Å². The van der Waals surface area contributed by atoms with Crippen molar-refractivity contribution in [2.75, 3.05) is 16.5 Å². The Kier molecular flexibility index (Phi) is 5.59. The van der Waals surface area contributed by atoms with Gasteiger partial charge in [-0.3, -0.25) is 9.38 Å². The fourth-order valence-corrected chi connectivity index (χ4v) is 8.22. The molecule has 4 aromatic heterocycles. The first-order chi connectivity index (χ1) is 23.5. The van der Waals surface area contributed by atoms with Gasteiger partial charge in [-0.15, -0.1) is 0 Å². The van der Waals surface area contributed by atoms with E-state index in [2.05, 4.69) is 148 Å². The van der Waals surface area contributed by atoms with Crippen LogP contribution in [0.1, 0.15) is 16.7 Å². The summed E-state index contributed by atoms with van der Waals surface area (Å²) in [5.74, 6) is 0. The van der Waals surface area contributed by atoms with Crippen LogP contribution >= 0.6 is 0 Å². The van der Waals surface area contributed by atoms with Crippen LogP contribution in [0.15, 0.2) is 128 Å². The first-order valence-electron chi connectivity index (χ1n) is 16.4. The Hall–Kier alpha value is -6.14. The molecule has 0 radical (unpaired) electrons.